The number of nitrogens with zero attached hydrogens (tertiary/aromatic N) is 1. The molecular formula is C24H24N2O3. The fourth-order valence-corrected chi connectivity index (χ4v) is 3.63. The van der Waals surface area contributed by atoms with Gasteiger partial charge in [0.25, 0.3) is 5.91 Å². The smallest absolute Gasteiger partial charge is 0.291 e. The van der Waals surface area contributed by atoms with E-state index in [1.54, 1.807) is 24.3 Å². The number of amides is 1. The van der Waals surface area contributed by atoms with Crippen LogP contribution in [0.2, 0.25) is 0 Å². The molecule has 0 aliphatic carbocycles. The summed E-state index contributed by atoms with van der Waals surface area (Å²) in [6.45, 7) is 5.71. The largest absolute Gasteiger partial charge is 0.451 e. The number of aryl methyl sites for hydroxylation is 1. The van der Waals surface area contributed by atoms with Crippen LogP contribution in [0, 0.1) is 6.92 Å². The Morgan fingerprint density at radius 2 is 1.69 bits per heavy atom. The van der Waals surface area contributed by atoms with Crippen LogP contribution in [0.3, 0.4) is 0 Å². The molecule has 1 fully saturated rings. The summed E-state index contributed by atoms with van der Waals surface area (Å²) >= 11 is 0. The van der Waals surface area contributed by atoms with Crippen LogP contribution in [-0.4, -0.2) is 24.8 Å². The van der Waals surface area contributed by atoms with E-state index in [9.17, 15) is 9.59 Å². The molecule has 148 valence electrons. The molecule has 1 N–H and O–H groups in total. The van der Waals surface area contributed by atoms with Crippen LogP contribution in [0.25, 0.3) is 11.3 Å². The second-order valence-corrected chi connectivity index (χ2v) is 7.44. The first-order valence-electron chi connectivity index (χ1n) is 9.89. The van der Waals surface area contributed by atoms with E-state index >= 15 is 0 Å². The molecule has 3 aromatic rings. The predicted molar refractivity (Wildman–Crippen MR) is 115 cm³/mol. The molecule has 1 saturated heterocycles. The van der Waals surface area contributed by atoms with Gasteiger partial charge >= 0.3 is 0 Å². The van der Waals surface area contributed by atoms with Gasteiger partial charge in [0.1, 0.15) is 5.76 Å². The average molecular weight is 388 g/mol. The molecule has 0 bridgehead atoms. The molecule has 0 atom stereocenters. The van der Waals surface area contributed by atoms with E-state index < -0.39 is 0 Å². The van der Waals surface area contributed by atoms with Gasteiger partial charge in [-0.1, -0.05) is 24.3 Å². The van der Waals surface area contributed by atoms with Gasteiger partial charge < -0.3 is 14.6 Å². The van der Waals surface area contributed by atoms with E-state index in [1.165, 1.54) is 25.5 Å². The first-order valence-corrected chi connectivity index (χ1v) is 9.89. The Morgan fingerprint density at radius 1 is 0.966 bits per heavy atom. The predicted octanol–water partition coefficient (Wildman–Crippen LogP) is 5.31. The quantitative estimate of drug-likeness (QED) is 0.602. The van der Waals surface area contributed by atoms with Crippen molar-refractivity contribution < 1.29 is 14.0 Å². The third kappa shape index (κ3) is 4.09. The molecular weight excluding hydrogens is 364 g/mol. The lowest BCUT2D eigenvalue weighted by atomic mass is 10.1. The van der Waals surface area contributed by atoms with Gasteiger partial charge in [0, 0.05) is 35.6 Å². The van der Waals surface area contributed by atoms with Gasteiger partial charge in [-0.25, -0.2) is 0 Å². The van der Waals surface area contributed by atoms with Crippen molar-refractivity contribution in [2.45, 2.75) is 26.7 Å². The number of nitrogens with one attached hydrogen (secondary N) is 1. The molecule has 29 heavy (non-hydrogen) atoms. The lowest BCUT2D eigenvalue weighted by Crippen LogP contribution is -2.18. The fourth-order valence-electron chi connectivity index (χ4n) is 3.63. The number of carbonyl (C=O) groups excluding carboxylic acids is 2. The van der Waals surface area contributed by atoms with Crippen molar-refractivity contribution >= 4 is 23.1 Å². The molecule has 0 unspecified atom stereocenters. The van der Waals surface area contributed by atoms with Crippen molar-refractivity contribution in [1.82, 2.24) is 0 Å². The Bertz CT molecular complexity index is 1040. The monoisotopic (exact) mass is 388 g/mol. The zero-order valence-corrected chi connectivity index (χ0v) is 16.7. The fraction of sp³-hybridized carbons (Fsp3) is 0.250. The molecule has 1 amide bonds. The van der Waals surface area contributed by atoms with Crippen molar-refractivity contribution in [2.75, 3.05) is 23.3 Å². The van der Waals surface area contributed by atoms with E-state index in [0.717, 1.165) is 29.9 Å². The summed E-state index contributed by atoms with van der Waals surface area (Å²) in [5.41, 5.74) is 4.47. The maximum absolute atomic E-state index is 12.6. The summed E-state index contributed by atoms with van der Waals surface area (Å²) in [6.07, 6.45) is 2.46. The Morgan fingerprint density at radius 3 is 2.34 bits per heavy atom. The number of ketones is 1. The molecule has 0 radical (unpaired) electrons. The number of rotatable bonds is 5. The Hall–Kier alpha value is -3.34. The summed E-state index contributed by atoms with van der Waals surface area (Å²) < 4.78 is 5.74. The van der Waals surface area contributed by atoms with Gasteiger partial charge in [0.15, 0.2) is 11.5 Å². The first-order chi connectivity index (χ1) is 14.0. The highest BCUT2D eigenvalue weighted by molar-refractivity contribution is 6.03. The highest BCUT2D eigenvalue weighted by Crippen LogP contribution is 2.27. The lowest BCUT2D eigenvalue weighted by molar-refractivity contribution is 0.0994. The minimum Gasteiger partial charge on any atom is -0.451 e. The Labute approximate surface area is 170 Å². The van der Waals surface area contributed by atoms with Gasteiger partial charge in [-0.05, 0) is 62.6 Å². The summed E-state index contributed by atoms with van der Waals surface area (Å²) in [5.74, 6) is 0.570. The second kappa shape index (κ2) is 7.95. The third-order valence-electron chi connectivity index (χ3n) is 5.34. The SMILES string of the molecule is CC(=O)c1ccc(-c2ccc(C(=O)Nc3ccc(N4CCCC4)cc3C)o2)cc1. The number of anilines is 2. The summed E-state index contributed by atoms with van der Waals surface area (Å²) in [5, 5.41) is 2.94. The van der Waals surface area contributed by atoms with E-state index in [1.807, 2.05) is 25.1 Å². The highest BCUT2D eigenvalue weighted by atomic mass is 16.3. The van der Waals surface area contributed by atoms with Crippen LogP contribution < -0.4 is 10.2 Å². The standard InChI is InChI=1S/C24H24N2O3/c1-16-15-20(26-13-3-4-14-26)9-10-21(16)25-24(28)23-12-11-22(29-23)19-7-5-18(6-8-19)17(2)27/h5-12,15H,3-4,13-14H2,1-2H3,(H,25,28). The number of hydrogen-bond donors (Lipinski definition) is 1. The van der Waals surface area contributed by atoms with Crippen LogP contribution >= 0.6 is 0 Å². The lowest BCUT2D eigenvalue weighted by Gasteiger charge is -2.19. The van der Waals surface area contributed by atoms with Crippen LogP contribution in [0.15, 0.2) is 59.0 Å². The molecule has 2 heterocycles. The highest BCUT2D eigenvalue weighted by Gasteiger charge is 2.16. The average Bonchev–Trinajstić information content (AvgIpc) is 3.42. The maximum atomic E-state index is 12.6. The second-order valence-electron chi connectivity index (χ2n) is 7.44. The summed E-state index contributed by atoms with van der Waals surface area (Å²) in [6, 6.07) is 16.7. The van der Waals surface area contributed by atoms with Crippen LogP contribution in [-0.2, 0) is 0 Å². The van der Waals surface area contributed by atoms with Gasteiger partial charge in [0.2, 0.25) is 0 Å². The van der Waals surface area contributed by atoms with Crippen molar-refractivity contribution in [3.8, 4) is 11.3 Å². The van der Waals surface area contributed by atoms with E-state index in [-0.39, 0.29) is 17.5 Å². The maximum Gasteiger partial charge on any atom is 0.291 e. The molecule has 0 spiro atoms. The normalized spacial score (nSPS) is 13.5. The molecule has 1 aromatic heterocycles. The van der Waals surface area contributed by atoms with Crippen molar-refractivity contribution in [3.63, 3.8) is 0 Å². The molecule has 5 nitrogen and oxygen atoms in total. The number of benzene rings is 2. The van der Waals surface area contributed by atoms with Gasteiger partial charge in [-0.3, -0.25) is 9.59 Å². The summed E-state index contributed by atoms with van der Waals surface area (Å²) in [7, 11) is 0. The number of Topliss-reactive ketones (excluding diaryl/α,β-unsaturated/α-hetero) is 1. The van der Waals surface area contributed by atoms with Crippen LogP contribution in [0.5, 0.6) is 0 Å². The molecule has 1 aliphatic rings. The molecule has 4 rings (SSSR count). The molecule has 2 aromatic carbocycles. The van der Waals surface area contributed by atoms with Gasteiger partial charge in [-0.15, -0.1) is 0 Å². The Kier molecular flexibility index (Phi) is 5.21. The van der Waals surface area contributed by atoms with Crippen molar-refractivity contribution in [1.29, 1.82) is 0 Å². The number of carbonyl (C=O) groups is 2. The van der Waals surface area contributed by atoms with Crippen molar-refractivity contribution in [2.24, 2.45) is 0 Å². The molecule has 1 aliphatic heterocycles. The number of hydrogen-bond acceptors (Lipinski definition) is 4. The zero-order chi connectivity index (χ0) is 20.4. The van der Waals surface area contributed by atoms with E-state index in [0.29, 0.717) is 11.3 Å². The van der Waals surface area contributed by atoms with Crippen LogP contribution in [0.4, 0.5) is 11.4 Å². The van der Waals surface area contributed by atoms with Crippen LogP contribution in [0.1, 0.15) is 46.2 Å². The topological polar surface area (TPSA) is 62.6 Å². The molecule has 5 heteroatoms. The number of furan rings is 1. The van der Waals surface area contributed by atoms with E-state index in [4.69, 9.17) is 4.42 Å². The Balaban J connectivity index is 1.47. The first kappa shape index (κ1) is 19.0. The third-order valence-corrected chi connectivity index (χ3v) is 5.34. The van der Waals surface area contributed by atoms with Crippen molar-refractivity contribution in [3.05, 3.63) is 71.5 Å². The molecule has 0 saturated carbocycles. The zero-order valence-electron chi connectivity index (χ0n) is 16.7. The van der Waals surface area contributed by atoms with E-state index in [2.05, 4.69) is 22.3 Å². The van der Waals surface area contributed by atoms with Gasteiger partial charge in [-0.2, -0.15) is 0 Å². The minimum atomic E-state index is -0.284. The minimum absolute atomic E-state index is 0.0159. The van der Waals surface area contributed by atoms with Gasteiger partial charge in [0.05, 0.1) is 0 Å². The summed E-state index contributed by atoms with van der Waals surface area (Å²) in [4.78, 5) is 26.4.